The predicted octanol–water partition coefficient (Wildman–Crippen LogP) is 5.91. The van der Waals surface area contributed by atoms with Crippen molar-refractivity contribution in [1.29, 1.82) is 0 Å². The number of amides is 1. The highest BCUT2D eigenvalue weighted by molar-refractivity contribution is 7.34. The van der Waals surface area contributed by atoms with Gasteiger partial charge in [0.05, 0.1) is 11.0 Å². The molecule has 0 saturated heterocycles. The molecule has 8 heteroatoms. The van der Waals surface area contributed by atoms with Crippen molar-refractivity contribution >= 4 is 33.1 Å². The summed E-state index contributed by atoms with van der Waals surface area (Å²) in [5.41, 5.74) is 2.91. The Bertz CT molecular complexity index is 853. The molecule has 0 spiro atoms. The van der Waals surface area contributed by atoms with Crippen LogP contribution < -0.4 is 15.6 Å². The van der Waals surface area contributed by atoms with Crippen LogP contribution in [0.2, 0.25) is 5.02 Å². The van der Waals surface area contributed by atoms with Crippen molar-refractivity contribution in [3.05, 3.63) is 33.8 Å². The zero-order valence-corrected chi connectivity index (χ0v) is 19.9. The fourth-order valence-electron chi connectivity index (χ4n) is 2.51. The van der Waals surface area contributed by atoms with Crippen molar-refractivity contribution in [2.45, 2.75) is 78.0 Å². The summed E-state index contributed by atoms with van der Waals surface area (Å²) in [6.45, 7) is 14.4. The summed E-state index contributed by atoms with van der Waals surface area (Å²) in [5.74, 6) is 1.03. The predicted molar refractivity (Wildman–Crippen MR) is 121 cm³/mol. The van der Waals surface area contributed by atoms with E-state index >= 15 is 0 Å². The van der Waals surface area contributed by atoms with Crippen molar-refractivity contribution < 1.29 is 9.63 Å². The molecule has 0 fully saturated rings. The number of halogens is 1. The van der Waals surface area contributed by atoms with Gasteiger partial charge in [0.15, 0.2) is 5.75 Å². The van der Waals surface area contributed by atoms with Crippen molar-refractivity contribution in [2.75, 3.05) is 5.32 Å². The zero-order chi connectivity index (χ0) is 21.8. The Morgan fingerprint density at radius 1 is 1.17 bits per heavy atom. The van der Waals surface area contributed by atoms with Crippen molar-refractivity contribution in [3.8, 4) is 5.75 Å². The first-order valence-corrected chi connectivity index (χ1v) is 11.6. The molecule has 0 aliphatic carbocycles. The van der Waals surface area contributed by atoms with Crippen molar-refractivity contribution in [3.63, 3.8) is 0 Å². The Balaban J connectivity index is 2.33. The first-order chi connectivity index (χ1) is 13.4. The van der Waals surface area contributed by atoms with Gasteiger partial charge in [0.1, 0.15) is 5.75 Å². The van der Waals surface area contributed by atoms with Crippen LogP contribution >= 0.6 is 22.1 Å². The molecular weight excluding hydrogens is 408 g/mol. The minimum absolute atomic E-state index is 0.103. The molecular formula is C21H32ClN4O2S+. The van der Waals surface area contributed by atoms with Gasteiger partial charge in [0, 0.05) is 21.0 Å². The van der Waals surface area contributed by atoms with Gasteiger partial charge in [-0.15, -0.1) is 0 Å². The third-order valence-corrected chi connectivity index (χ3v) is 6.66. The van der Waals surface area contributed by atoms with Gasteiger partial charge in [-0.3, -0.25) is 10.1 Å². The van der Waals surface area contributed by atoms with Crippen LogP contribution in [-0.2, 0) is 11.2 Å². The second-order valence-corrected chi connectivity index (χ2v) is 11.5. The highest BCUT2D eigenvalue weighted by Gasteiger charge is 2.34. The number of rotatable bonds is 7. The number of hydrogen-bond acceptors (Lipinski definition) is 5. The van der Waals surface area contributed by atoms with E-state index < -0.39 is 0 Å². The number of unbranched alkanes of at least 4 members (excludes halogenated alkanes) is 1. The van der Waals surface area contributed by atoms with Crippen LogP contribution in [0.4, 0.5) is 5.13 Å². The largest absolute Gasteiger partial charge is 0.407 e. The number of benzene rings is 1. The standard InChI is InChI=1S/C21H31ClN4O2S/c1-8-9-12-29-18(20(2,3)4)24-25-19(29)23-17(27)15-13-14(22)10-11-16(15)28-26-21(5,6)7/h10-11,13,26H,8-9,12H2,1-7H3/p+1. The lowest BCUT2D eigenvalue weighted by molar-refractivity contribution is 0.0985. The second kappa shape index (κ2) is 9.41. The SMILES string of the molecule is CCCC[s+]1c(NC(=O)c2cc(Cl)ccc2ONC(C)(C)C)nnc1C(C)(C)C. The number of hydroxylamine groups is 1. The summed E-state index contributed by atoms with van der Waals surface area (Å²) in [5, 5.41) is 13.8. The molecule has 0 aliphatic heterocycles. The van der Waals surface area contributed by atoms with E-state index in [9.17, 15) is 4.79 Å². The van der Waals surface area contributed by atoms with E-state index in [-0.39, 0.29) is 27.3 Å². The highest BCUT2D eigenvalue weighted by Crippen LogP contribution is 2.40. The van der Waals surface area contributed by atoms with Gasteiger partial charge in [-0.05, 0) is 66.2 Å². The first kappa shape index (κ1) is 23.6. The summed E-state index contributed by atoms with van der Waals surface area (Å²) in [4.78, 5) is 18.7. The normalized spacial score (nSPS) is 12.8. The maximum atomic E-state index is 13.1. The second-order valence-electron chi connectivity index (χ2n) is 9.06. The maximum absolute atomic E-state index is 13.1. The summed E-state index contributed by atoms with van der Waals surface area (Å²) >= 11 is 6.14. The van der Waals surface area contributed by atoms with Gasteiger partial charge in [0.2, 0.25) is 0 Å². The quantitative estimate of drug-likeness (QED) is 0.414. The summed E-state index contributed by atoms with van der Waals surface area (Å²) in [6, 6.07) is 4.97. The van der Waals surface area contributed by atoms with Crippen molar-refractivity contribution in [2.24, 2.45) is 0 Å². The molecule has 1 aromatic heterocycles. The molecule has 2 aromatic rings. The monoisotopic (exact) mass is 439 g/mol. The van der Waals surface area contributed by atoms with E-state index in [4.69, 9.17) is 16.4 Å². The van der Waals surface area contributed by atoms with E-state index in [0.717, 1.165) is 23.6 Å². The molecule has 1 atom stereocenters. The fraction of sp³-hybridized carbons (Fsp3) is 0.571. The molecule has 160 valence electrons. The topological polar surface area (TPSA) is 76.1 Å². The van der Waals surface area contributed by atoms with E-state index in [2.05, 4.69) is 48.7 Å². The van der Waals surface area contributed by atoms with Crippen LogP contribution in [0.3, 0.4) is 0 Å². The third kappa shape index (κ3) is 6.66. The number of aromatic nitrogens is 2. The smallest absolute Gasteiger partial charge is 0.367 e. The number of nitrogens with one attached hydrogen (secondary N) is 2. The molecule has 0 aliphatic rings. The van der Waals surface area contributed by atoms with Gasteiger partial charge in [-0.25, -0.2) is 0 Å². The molecule has 0 saturated carbocycles. The molecule has 0 radical (unpaired) electrons. The van der Waals surface area contributed by atoms with Crippen LogP contribution in [0.5, 0.6) is 5.75 Å². The molecule has 0 bridgehead atoms. The summed E-state index contributed by atoms with van der Waals surface area (Å²) < 4.78 is 0. The summed E-state index contributed by atoms with van der Waals surface area (Å²) in [7, 11) is -0.318. The fourth-order valence-corrected chi connectivity index (χ4v) is 5.06. The molecule has 1 unspecified atom stereocenters. The van der Waals surface area contributed by atoms with Crippen LogP contribution in [-0.4, -0.2) is 21.6 Å². The van der Waals surface area contributed by atoms with E-state index in [0.29, 0.717) is 21.5 Å². The number of nitrogens with zero attached hydrogens (tertiary/aromatic N) is 2. The molecule has 2 N–H and O–H groups in total. The van der Waals surface area contributed by atoms with Crippen LogP contribution in [0.1, 0.15) is 76.7 Å². The third-order valence-electron chi connectivity index (χ3n) is 3.92. The lowest BCUT2D eigenvalue weighted by atomic mass is 9.98. The molecule has 1 amide bonds. The van der Waals surface area contributed by atoms with Gasteiger partial charge in [-0.2, -0.15) is 5.48 Å². The highest BCUT2D eigenvalue weighted by atomic mass is 35.5. The number of carbonyl (C=O) groups is 1. The molecule has 1 heterocycles. The minimum atomic E-state index is -0.318. The van der Waals surface area contributed by atoms with E-state index in [1.807, 2.05) is 20.8 Å². The molecule has 6 nitrogen and oxygen atoms in total. The molecule has 1 aromatic carbocycles. The lowest BCUT2D eigenvalue weighted by Gasteiger charge is -2.21. The lowest BCUT2D eigenvalue weighted by Crippen LogP contribution is -2.38. The maximum Gasteiger partial charge on any atom is 0.367 e. The Kier molecular flexibility index (Phi) is 7.65. The van der Waals surface area contributed by atoms with Gasteiger partial charge in [-0.1, -0.05) is 35.1 Å². The average Bonchev–Trinajstić information content (AvgIpc) is 3.00. The van der Waals surface area contributed by atoms with E-state index in [1.165, 1.54) is 0 Å². The van der Waals surface area contributed by atoms with Gasteiger partial charge < -0.3 is 4.84 Å². The first-order valence-electron chi connectivity index (χ1n) is 9.84. The number of hydrogen-bond donors (Lipinski definition) is 2. The Morgan fingerprint density at radius 2 is 1.86 bits per heavy atom. The number of anilines is 1. The van der Waals surface area contributed by atoms with Crippen molar-refractivity contribution in [1.82, 2.24) is 15.7 Å². The van der Waals surface area contributed by atoms with Crippen LogP contribution in [0, 0.1) is 0 Å². The summed E-state index contributed by atoms with van der Waals surface area (Å²) in [6.07, 6.45) is 2.13. The Hall–Kier alpha value is -1.70. The Morgan fingerprint density at radius 3 is 2.45 bits per heavy atom. The Labute approximate surface area is 181 Å². The van der Waals surface area contributed by atoms with E-state index in [1.54, 1.807) is 18.2 Å². The van der Waals surface area contributed by atoms with Gasteiger partial charge in [0.25, 0.3) is 10.9 Å². The molecule has 29 heavy (non-hydrogen) atoms. The zero-order valence-electron chi connectivity index (χ0n) is 18.4. The molecule has 2 rings (SSSR count). The number of carbonyl (C=O) groups excluding carboxylic acids is 1. The van der Waals surface area contributed by atoms with Crippen LogP contribution in [0.15, 0.2) is 18.2 Å². The van der Waals surface area contributed by atoms with Crippen LogP contribution in [0.25, 0.3) is 0 Å². The average molecular weight is 440 g/mol. The minimum Gasteiger partial charge on any atom is -0.407 e. The van der Waals surface area contributed by atoms with Gasteiger partial charge >= 0.3 is 5.13 Å².